The van der Waals surface area contributed by atoms with Crippen molar-refractivity contribution in [3.8, 4) is 0 Å². The minimum absolute atomic E-state index is 0.822. The first-order valence-electron chi connectivity index (χ1n) is 5.84. The second-order valence-electron chi connectivity index (χ2n) is 4.51. The van der Waals surface area contributed by atoms with Crippen molar-refractivity contribution in [2.24, 2.45) is 23.7 Å². The maximum Gasteiger partial charge on any atom is 0.307 e. The van der Waals surface area contributed by atoms with Crippen molar-refractivity contribution in [3.05, 3.63) is 0 Å². The summed E-state index contributed by atoms with van der Waals surface area (Å²) in [6.07, 6.45) is 0. The lowest BCUT2D eigenvalue weighted by Crippen LogP contribution is -2.24. The van der Waals surface area contributed by atoms with E-state index in [0.717, 1.165) is 0 Å². The van der Waals surface area contributed by atoms with Crippen LogP contribution in [-0.4, -0.2) is 44.3 Å². The average molecular weight is 292 g/mol. The second kappa shape index (κ2) is 8.89. The molecule has 0 saturated heterocycles. The molecule has 0 aromatic rings. The van der Waals surface area contributed by atoms with Crippen molar-refractivity contribution in [2.75, 3.05) is 0 Å². The number of aliphatic carboxylic acids is 4. The van der Waals surface area contributed by atoms with E-state index in [0.29, 0.717) is 0 Å². The fourth-order valence-corrected chi connectivity index (χ4v) is 0.855. The van der Waals surface area contributed by atoms with E-state index >= 15 is 0 Å². The van der Waals surface area contributed by atoms with Crippen molar-refractivity contribution in [3.63, 3.8) is 0 Å². The third-order valence-electron chi connectivity index (χ3n) is 3.06. The Balaban J connectivity index is 0. The molecule has 0 radical (unpaired) electrons. The molecule has 0 heterocycles. The van der Waals surface area contributed by atoms with Crippen LogP contribution in [0.1, 0.15) is 27.7 Å². The molecule has 4 atom stereocenters. The Morgan fingerprint density at radius 1 is 0.500 bits per heavy atom. The molecule has 8 nitrogen and oxygen atoms in total. The average Bonchev–Trinajstić information content (AvgIpc) is 2.35. The monoisotopic (exact) mass is 292 g/mol. The van der Waals surface area contributed by atoms with Gasteiger partial charge in [0.1, 0.15) is 0 Å². The van der Waals surface area contributed by atoms with Gasteiger partial charge in [0, 0.05) is 0 Å². The maximum atomic E-state index is 10.2. The smallest absolute Gasteiger partial charge is 0.307 e. The van der Waals surface area contributed by atoms with Crippen LogP contribution in [0, 0.1) is 23.7 Å². The number of carboxylic acid groups (broad SMARTS) is 4. The summed E-state index contributed by atoms with van der Waals surface area (Å²) in [5, 5.41) is 33.4. The van der Waals surface area contributed by atoms with Crippen LogP contribution in [0.15, 0.2) is 0 Å². The Hall–Kier alpha value is -2.12. The van der Waals surface area contributed by atoms with Crippen molar-refractivity contribution < 1.29 is 39.6 Å². The van der Waals surface area contributed by atoms with Crippen LogP contribution >= 0.6 is 0 Å². The summed E-state index contributed by atoms with van der Waals surface area (Å²) in [6.45, 7) is 5.50. The topological polar surface area (TPSA) is 149 Å². The Morgan fingerprint density at radius 2 is 0.600 bits per heavy atom. The Kier molecular flexibility index (Phi) is 8.98. The summed E-state index contributed by atoms with van der Waals surface area (Å²) in [5.41, 5.74) is 0. The zero-order chi connectivity index (χ0) is 16.6. The first kappa shape index (κ1) is 20.2. The lowest BCUT2D eigenvalue weighted by Gasteiger charge is -2.09. The van der Waals surface area contributed by atoms with Gasteiger partial charge in [-0.25, -0.2) is 0 Å². The van der Waals surface area contributed by atoms with E-state index in [1.807, 2.05) is 0 Å². The highest BCUT2D eigenvalue weighted by atomic mass is 16.4. The van der Waals surface area contributed by atoms with Crippen LogP contribution in [0.5, 0.6) is 0 Å². The van der Waals surface area contributed by atoms with E-state index in [4.69, 9.17) is 20.4 Å². The van der Waals surface area contributed by atoms with Gasteiger partial charge in [0.15, 0.2) is 0 Å². The molecule has 0 fully saturated rings. The maximum absolute atomic E-state index is 10.2. The van der Waals surface area contributed by atoms with Gasteiger partial charge < -0.3 is 20.4 Å². The van der Waals surface area contributed by atoms with Crippen LogP contribution in [-0.2, 0) is 19.2 Å². The minimum atomic E-state index is -1.07. The van der Waals surface area contributed by atoms with Crippen LogP contribution in [0.3, 0.4) is 0 Å². The fourth-order valence-electron chi connectivity index (χ4n) is 0.855. The van der Waals surface area contributed by atoms with E-state index < -0.39 is 47.5 Å². The summed E-state index contributed by atoms with van der Waals surface area (Å²) in [5.74, 6) is -7.58. The Labute approximate surface area is 116 Å². The highest BCUT2D eigenvalue weighted by Gasteiger charge is 2.25. The number of rotatable bonds is 6. The minimum Gasteiger partial charge on any atom is -0.481 e. The van der Waals surface area contributed by atoms with Gasteiger partial charge in [0.05, 0.1) is 23.7 Å². The molecule has 0 rings (SSSR count). The lowest BCUT2D eigenvalue weighted by atomic mass is 9.97. The molecule has 0 aromatic heterocycles. The summed E-state index contributed by atoms with van der Waals surface area (Å²) in [4.78, 5) is 40.7. The molecular formula is C12H20O8. The van der Waals surface area contributed by atoms with Gasteiger partial charge in [0.2, 0.25) is 0 Å². The van der Waals surface area contributed by atoms with Gasteiger partial charge in [-0.1, -0.05) is 27.7 Å². The molecule has 4 N–H and O–H groups in total. The highest BCUT2D eigenvalue weighted by Crippen LogP contribution is 2.10. The van der Waals surface area contributed by atoms with Crippen molar-refractivity contribution >= 4 is 23.9 Å². The molecule has 4 unspecified atom stereocenters. The quantitative estimate of drug-likeness (QED) is 0.563. The Bertz CT molecular complexity index is 304. The zero-order valence-corrected chi connectivity index (χ0v) is 11.7. The Morgan fingerprint density at radius 3 is 0.650 bits per heavy atom. The van der Waals surface area contributed by atoms with Crippen LogP contribution < -0.4 is 0 Å². The highest BCUT2D eigenvalue weighted by molar-refractivity contribution is 5.79. The van der Waals surface area contributed by atoms with Crippen molar-refractivity contribution in [1.82, 2.24) is 0 Å². The van der Waals surface area contributed by atoms with Crippen molar-refractivity contribution in [2.45, 2.75) is 27.7 Å². The number of carboxylic acids is 4. The molecular weight excluding hydrogens is 272 g/mol. The lowest BCUT2D eigenvalue weighted by molar-refractivity contribution is -0.152. The zero-order valence-electron chi connectivity index (χ0n) is 11.7. The first-order valence-corrected chi connectivity index (χ1v) is 5.84. The molecule has 0 aliphatic heterocycles. The molecule has 0 aliphatic rings. The van der Waals surface area contributed by atoms with E-state index in [1.54, 1.807) is 0 Å². The molecule has 0 aliphatic carbocycles. The number of carbonyl (C=O) groups is 4. The van der Waals surface area contributed by atoms with Gasteiger partial charge >= 0.3 is 23.9 Å². The molecule has 0 spiro atoms. The second-order valence-corrected chi connectivity index (χ2v) is 4.51. The largest absolute Gasteiger partial charge is 0.481 e. The molecule has 8 heteroatoms. The van der Waals surface area contributed by atoms with E-state index in [9.17, 15) is 19.2 Å². The first-order chi connectivity index (χ1) is 8.93. The van der Waals surface area contributed by atoms with E-state index in [1.165, 1.54) is 27.7 Å². The van der Waals surface area contributed by atoms with Crippen molar-refractivity contribution in [1.29, 1.82) is 0 Å². The molecule has 116 valence electrons. The number of hydrogen-bond donors (Lipinski definition) is 4. The van der Waals surface area contributed by atoms with E-state index in [-0.39, 0.29) is 0 Å². The van der Waals surface area contributed by atoms with Gasteiger partial charge in [-0.15, -0.1) is 0 Å². The third-order valence-corrected chi connectivity index (χ3v) is 3.06. The SMILES string of the molecule is CC(C(=O)O)C(C)C(=O)O.CC(C(=O)O)C(C)C(=O)O. The molecule has 0 bridgehead atoms. The number of hydrogen-bond acceptors (Lipinski definition) is 4. The van der Waals surface area contributed by atoms with Gasteiger partial charge in [0.25, 0.3) is 0 Å². The van der Waals surface area contributed by atoms with Gasteiger partial charge in [-0.2, -0.15) is 0 Å². The van der Waals surface area contributed by atoms with Gasteiger partial charge in [-0.05, 0) is 0 Å². The molecule has 0 aromatic carbocycles. The molecule has 0 amide bonds. The van der Waals surface area contributed by atoms with Crippen LogP contribution in [0.25, 0.3) is 0 Å². The predicted molar refractivity (Wildman–Crippen MR) is 67.2 cm³/mol. The summed E-state index contributed by atoms with van der Waals surface area (Å²) in [6, 6.07) is 0. The molecule has 0 saturated carbocycles. The summed E-state index contributed by atoms with van der Waals surface area (Å²) >= 11 is 0. The van der Waals surface area contributed by atoms with E-state index in [2.05, 4.69) is 0 Å². The van der Waals surface area contributed by atoms with Crippen LogP contribution in [0.4, 0.5) is 0 Å². The third kappa shape index (κ3) is 7.34. The van der Waals surface area contributed by atoms with Crippen LogP contribution in [0.2, 0.25) is 0 Å². The van der Waals surface area contributed by atoms with Gasteiger partial charge in [-0.3, -0.25) is 19.2 Å². The molecule has 20 heavy (non-hydrogen) atoms. The normalized spacial score (nSPS) is 15.8. The summed E-state index contributed by atoms with van der Waals surface area (Å²) in [7, 11) is 0. The fraction of sp³-hybridized carbons (Fsp3) is 0.667. The predicted octanol–water partition coefficient (Wildman–Crippen LogP) is 0.856. The summed E-state index contributed by atoms with van der Waals surface area (Å²) < 4.78 is 0. The standard InChI is InChI=1S/2C6H10O4/c2*1-3(5(7)8)4(2)6(9)10/h2*3-4H,1-2H3,(H,7,8)(H,9,10).